The molecule has 0 aliphatic carbocycles. The first kappa shape index (κ1) is 30.8. The smallest absolute Gasteiger partial charge is 0.0468 e. The molecule has 54 heavy (non-hydrogen) atoms. The zero-order valence-electron chi connectivity index (χ0n) is 29.4. The molecule has 1 aromatic heterocycles. The van der Waals surface area contributed by atoms with Crippen LogP contribution in [0.4, 0.5) is 17.1 Å². The molecule has 0 aliphatic heterocycles. The van der Waals surface area contributed by atoms with Crippen LogP contribution in [0.3, 0.4) is 0 Å². The molecule has 0 aliphatic rings. The maximum atomic E-state index is 2.45. The Morgan fingerprint density at radius 1 is 0.296 bits per heavy atom. The highest BCUT2D eigenvalue weighted by atomic mass is 32.1. The quantitative estimate of drug-likeness (QED) is 0.161. The van der Waals surface area contributed by atoms with Crippen LogP contribution in [0.15, 0.2) is 200 Å². The van der Waals surface area contributed by atoms with E-state index in [1.165, 1.54) is 85.5 Å². The predicted octanol–water partition coefficient (Wildman–Crippen LogP) is 15.5. The Balaban J connectivity index is 1.09. The third-order valence-electron chi connectivity index (χ3n) is 11.0. The van der Waals surface area contributed by atoms with Gasteiger partial charge in [-0.05, 0) is 120 Å². The minimum Gasteiger partial charge on any atom is -0.310 e. The number of rotatable bonds is 5. The molecule has 1 nitrogen and oxygen atoms in total. The van der Waals surface area contributed by atoms with Crippen molar-refractivity contribution in [2.75, 3.05) is 4.90 Å². The Morgan fingerprint density at radius 2 is 0.833 bits per heavy atom. The van der Waals surface area contributed by atoms with Crippen molar-refractivity contribution < 1.29 is 0 Å². The van der Waals surface area contributed by atoms with Crippen LogP contribution in [0.25, 0.3) is 85.5 Å². The maximum absolute atomic E-state index is 2.45. The molecule has 0 fully saturated rings. The Kier molecular flexibility index (Phi) is 7.11. The fraction of sp³-hybridized carbons (Fsp3) is 0. The Hall–Kier alpha value is -6.74. The molecule has 252 valence electrons. The van der Waals surface area contributed by atoms with Gasteiger partial charge in [0.05, 0.1) is 0 Å². The van der Waals surface area contributed by atoms with Gasteiger partial charge in [0, 0.05) is 42.8 Å². The van der Waals surface area contributed by atoms with E-state index in [0.717, 1.165) is 17.1 Å². The summed E-state index contributed by atoms with van der Waals surface area (Å²) in [5.41, 5.74) is 8.47. The maximum Gasteiger partial charge on any atom is 0.0468 e. The van der Waals surface area contributed by atoms with E-state index in [-0.39, 0.29) is 0 Å². The molecular weight excluding hydrogens is 671 g/mol. The van der Waals surface area contributed by atoms with E-state index < -0.39 is 0 Å². The van der Waals surface area contributed by atoms with Crippen molar-refractivity contribution in [2.45, 2.75) is 0 Å². The van der Waals surface area contributed by atoms with Gasteiger partial charge in [-0.2, -0.15) is 0 Å². The van der Waals surface area contributed by atoms with E-state index in [1.807, 2.05) is 11.3 Å². The lowest BCUT2D eigenvalue weighted by molar-refractivity contribution is 1.29. The van der Waals surface area contributed by atoms with Gasteiger partial charge in [0.15, 0.2) is 0 Å². The summed E-state index contributed by atoms with van der Waals surface area (Å²) in [6, 6.07) is 73.4. The second-order valence-corrected chi connectivity index (χ2v) is 15.1. The lowest BCUT2D eigenvalue weighted by Crippen LogP contribution is -2.09. The largest absolute Gasteiger partial charge is 0.310 e. The van der Waals surface area contributed by atoms with Crippen molar-refractivity contribution in [3.05, 3.63) is 200 Å². The van der Waals surface area contributed by atoms with E-state index in [0.29, 0.717) is 0 Å². The highest BCUT2D eigenvalue weighted by Crippen LogP contribution is 2.46. The Morgan fingerprint density at radius 3 is 1.54 bits per heavy atom. The molecule has 0 spiro atoms. The molecule has 11 rings (SSSR count). The number of fused-ring (bicyclic) bond motifs is 9. The second kappa shape index (κ2) is 12.4. The highest BCUT2D eigenvalue weighted by Gasteiger charge is 2.18. The summed E-state index contributed by atoms with van der Waals surface area (Å²) < 4.78 is 2.68. The number of hydrogen-bond donors (Lipinski definition) is 0. The first-order chi connectivity index (χ1) is 26.8. The number of thiophene rings is 1. The van der Waals surface area contributed by atoms with Crippen LogP contribution in [-0.4, -0.2) is 0 Å². The predicted molar refractivity (Wildman–Crippen MR) is 235 cm³/mol. The van der Waals surface area contributed by atoms with Crippen molar-refractivity contribution in [3.8, 4) is 22.3 Å². The van der Waals surface area contributed by atoms with Gasteiger partial charge in [-0.25, -0.2) is 0 Å². The lowest BCUT2D eigenvalue weighted by atomic mass is 9.87. The molecule has 0 unspecified atom stereocenters. The van der Waals surface area contributed by atoms with Gasteiger partial charge >= 0.3 is 0 Å². The fourth-order valence-corrected chi connectivity index (χ4v) is 9.74. The second-order valence-electron chi connectivity index (χ2n) is 14.1. The molecule has 1 heterocycles. The van der Waals surface area contributed by atoms with E-state index in [4.69, 9.17) is 0 Å². The first-order valence-electron chi connectivity index (χ1n) is 18.5. The summed E-state index contributed by atoms with van der Waals surface area (Å²) in [6.45, 7) is 0. The first-order valence-corrected chi connectivity index (χ1v) is 19.3. The Bertz CT molecular complexity index is 3170. The molecule has 0 radical (unpaired) electrons. The van der Waals surface area contributed by atoms with Crippen LogP contribution in [0.5, 0.6) is 0 Å². The molecule has 0 saturated heterocycles. The molecule has 2 heteroatoms. The monoisotopic (exact) mass is 703 g/mol. The van der Waals surface area contributed by atoms with Gasteiger partial charge < -0.3 is 4.90 Å². The van der Waals surface area contributed by atoms with Crippen LogP contribution in [0, 0.1) is 0 Å². The van der Waals surface area contributed by atoms with E-state index in [2.05, 4.69) is 205 Å². The molecule has 0 bridgehead atoms. The van der Waals surface area contributed by atoms with Gasteiger partial charge in [-0.1, -0.05) is 140 Å². The normalized spacial score (nSPS) is 11.7. The molecule has 11 aromatic rings. The van der Waals surface area contributed by atoms with E-state index in [1.54, 1.807) is 0 Å². The van der Waals surface area contributed by atoms with Gasteiger partial charge in [0.2, 0.25) is 0 Å². The van der Waals surface area contributed by atoms with Gasteiger partial charge in [0.1, 0.15) is 0 Å². The molecular formula is C52H33NS. The Labute approximate surface area is 317 Å². The van der Waals surface area contributed by atoms with Gasteiger partial charge in [-0.15, -0.1) is 11.3 Å². The summed E-state index contributed by atoms with van der Waals surface area (Å²) in [7, 11) is 0. The standard InChI is InChI=1S/C52H33NS/c1-3-14-37(15-4-1)53(38-16-5-2-6-17-38)39-29-28-34-30-36(27-26-35(34)31-39)47-32-49-43-21-10-9-20-42(43)48(33-50(49)41-19-8-7-18-40(41)47)46-24-13-23-45-44-22-11-12-25-51(44)54-52(45)46/h1-33H. The van der Waals surface area contributed by atoms with Crippen LogP contribution in [0.2, 0.25) is 0 Å². The van der Waals surface area contributed by atoms with Gasteiger partial charge in [-0.3, -0.25) is 0 Å². The van der Waals surface area contributed by atoms with Crippen molar-refractivity contribution in [3.63, 3.8) is 0 Å². The van der Waals surface area contributed by atoms with Crippen molar-refractivity contribution >= 4 is 91.7 Å². The molecule has 0 amide bonds. The number of benzene rings is 10. The number of hydrogen-bond acceptors (Lipinski definition) is 2. The summed E-state index contributed by atoms with van der Waals surface area (Å²) in [6.07, 6.45) is 0. The third-order valence-corrected chi connectivity index (χ3v) is 12.2. The number of nitrogens with zero attached hydrogens (tertiary/aromatic N) is 1. The van der Waals surface area contributed by atoms with Crippen molar-refractivity contribution in [2.24, 2.45) is 0 Å². The summed E-state index contributed by atoms with van der Waals surface area (Å²) >= 11 is 1.90. The molecule has 0 saturated carbocycles. The van der Waals surface area contributed by atoms with Crippen LogP contribution in [-0.2, 0) is 0 Å². The summed E-state index contributed by atoms with van der Waals surface area (Å²) in [5, 5.41) is 12.8. The van der Waals surface area contributed by atoms with Crippen molar-refractivity contribution in [1.82, 2.24) is 0 Å². The minimum absolute atomic E-state index is 1.14. The average molecular weight is 704 g/mol. The van der Waals surface area contributed by atoms with E-state index >= 15 is 0 Å². The lowest BCUT2D eigenvalue weighted by Gasteiger charge is -2.25. The van der Waals surface area contributed by atoms with Gasteiger partial charge in [0.25, 0.3) is 0 Å². The molecule has 0 atom stereocenters. The summed E-state index contributed by atoms with van der Waals surface area (Å²) in [5.74, 6) is 0. The average Bonchev–Trinajstić information content (AvgIpc) is 3.63. The zero-order chi connectivity index (χ0) is 35.6. The minimum atomic E-state index is 1.14. The van der Waals surface area contributed by atoms with Crippen molar-refractivity contribution in [1.29, 1.82) is 0 Å². The topological polar surface area (TPSA) is 3.24 Å². The summed E-state index contributed by atoms with van der Waals surface area (Å²) in [4.78, 5) is 2.32. The third kappa shape index (κ3) is 4.92. The van der Waals surface area contributed by atoms with Crippen LogP contribution in [0.1, 0.15) is 0 Å². The SMILES string of the molecule is c1ccc(N(c2ccccc2)c2ccc3cc(-c4cc5c6ccccc6c(-c6cccc7c6sc6ccccc67)cc5c5ccccc45)ccc3c2)cc1. The number of para-hydroxylation sites is 2. The zero-order valence-corrected chi connectivity index (χ0v) is 30.2. The van der Waals surface area contributed by atoms with E-state index in [9.17, 15) is 0 Å². The molecule has 0 N–H and O–H groups in total. The highest BCUT2D eigenvalue weighted by molar-refractivity contribution is 7.26. The van der Waals surface area contributed by atoms with Crippen LogP contribution >= 0.6 is 11.3 Å². The number of anilines is 3. The fourth-order valence-electron chi connectivity index (χ4n) is 8.51. The molecule has 10 aromatic carbocycles. The van der Waals surface area contributed by atoms with Crippen LogP contribution < -0.4 is 4.90 Å².